The maximum atomic E-state index is 13.6. The summed E-state index contributed by atoms with van der Waals surface area (Å²) in [5.74, 6) is -1.02. The third-order valence-corrected chi connectivity index (χ3v) is 6.50. The molecule has 1 heterocycles. The van der Waals surface area contributed by atoms with Crippen LogP contribution in [-0.4, -0.2) is 37.8 Å². The molecule has 1 aliphatic rings. The molecule has 1 N–H and O–H groups in total. The second-order valence-electron chi connectivity index (χ2n) is 6.67. The number of para-hydroxylation sites is 1. The maximum absolute atomic E-state index is 13.6. The molecule has 28 heavy (non-hydrogen) atoms. The molecule has 1 aliphatic heterocycles. The van der Waals surface area contributed by atoms with E-state index in [1.165, 1.54) is 53.7 Å². The van der Waals surface area contributed by atoms with Crippen LogP contribution in [0.5, 0.6) is 5.75 Å². The van der Waals surface area contributed by atoms with E-state index in [0.29, 0.717) is 18.8 Å². The molecule has 0 bridgehead atoms. The number of benzene rings is 2. The lowest BCUT2D eigenvalue weighted by Crippen LogP contribution is -2.35. The molecule has 1 fully saturated rings. The Labute approximate surface area is 164 Å². The molecule has 1 atom stereocenters. The van der Waals surface area contributed by atoms with Gasteiger partial charge >= 0.3 is 0 Å². The Morgan fingerprint density at radius 2 is 1.71 bits per heavy atom. The van der Waals surface area contributed by atoms with Gasteiger partial charge in [0.15, 0.2) is 17.7 Å². The van der Waals surface area contributed by atoms with Crippen LogP contribution in [0.2, 0.25) is 0 Å². The van der Waals surface area contributed by atoms with Crippen LogP contribution in [0.15, 0.2) is 53.4 Å². The number of hydrogen-bond donors (Lipinski definition) is 1. The SMILES string of the molecule is C[C@H](Oc1ccccc1F)C(=O)Nc1ccc(S(=O)(=O)N2CCCCC2)cc1. The summed E-state index contributed by atoms with van der Waals surface area (Å²) >= 11 is 0. The second-order valence-corrected chi connectivity index (χ2v) is 8.61. The normalized spacial score (nSPS) is 16.4. The van der Waals surface area contributed by atoms with Crippen LogP contribution >= 0.6 is 0 Å². The van der Waals surface area contributed by atoms with Crippen LogP contribution in [0.3, 0.4) is 0 Å². The van der Waals surface area contributed by atoms with Crippen molar-refractivity contribution >= 4 is 21.6 Å². The standard InChI is InChI=1S/C20H23FN2O4S/c1-15(27-19-8-4-3-7-18(19)21)20(24)22-16-9-11-17(12-10-16)28(25,26)23-13-5-2-6-14-23/h3-4,7-12,15H,2,5-6,13-14H2,1H3,(H,22,24)/t15-/m0/s1. The van der Waals surface area contributed by atoms with Crippen molar-refractivity contribution in [3.8, 4) is 5.75 Å². The Hall–Kier alpha value is -2.45. The molecule has 1 amide bonds. The maximum Gasteiger partial charge on any atom is 0.265 e. The summed E-state index contributed by atoms with van der Waals surface area (Å²) in [6.45, 7) is 2.58. The molecule has 0 aromatic heterocycles. The first-order valence-electron chi connectivity index (χ1n) is 9.20. The fraction of sp³-hybridized carbons (Fsp3) is 0.350. The zero-order valence-electron chi connectivity index (χ0n) is 15.6. The molecular formula is C20H23FN2O4S. The molecule has 2 aromatic rings. The molecule has 3 rings (SSSR count). The number of rotatable bonds is 6. The van der Waals surface area contributed by atoms with Crippen molar-refractivity contribution in [2.75, 3.05) is 18.4 Å². The Morgan fingerprint density at radius 3 is 2.36 bits per heavy atom. The van der Waals surface area contributed by atoms with Crippen molar-refractivity contribution in [3.63, 3.8) is 0 Å². The summed E-state index contributed by atoms with van der Waals surface area (Å²) < 4.78 is 45.8. The molecule has 0 spiro atoms. The van der Waals surface area contributed by atoms with Crippen LogP contribution in [0.1, 0.15) is 26.2 Å². The van der Waals surface area contributed by atoms with E-state index in [2.05, 4.69) is 5.32 Å². The number of carbonyl (C=O) groups is 1. The predicted molar refractivity (Wildman–Crippen MR) is 104 cm³/mol. The van der Waals surface area contributed by atoms with Gasteiger partial charge in [0.2, 0.25) is 10.0 Å². The smallest absolute Gasteiger partial charge is 0.265 e. The van der Waals surface area contributed by atoms with Crippen molar-refractivity contribution < 1.29 is 22.3 Å². The summed E-state index contributed by atoms with van der Waals surface area (Å²) in [4.78, 5) is 12.5. The fourth-order valence-corrected chi connectivity index (χ4v) is 4.51. The molecule has 8 heteroatoms. The van der Waals surface area contributed by atoms with Crippen molar-refractivity contribution in [1.29, 1.82) is 0 Å². The van der Waals surface area contributed by atoms with E-state index >= 15 is 0 Å². The van der Waals surface area contributed by atoms with E-state index in [0.717, 1.165) is 19.3 Å². The highest BCUT2D eigenvalue weighted by Gasteiger charge is 2.26. The van der Waals surface area contributed by atoms with Crippen LogP contribution in [0, 0.1) is 5.82 Å². The zero-order valence-corrected chi connectivity index (χ0v) is 16.4. The van der Waals surface area contributed by atoms with Crippen LogP contribution < -0.4 is 10.1 Å². The van der Waals surface area contributed by atoms with Gasteiger partial charge < -0.3 is 10.1 Å². The van der Waals surface area contributed by atoms with Gasteiger partial charge in [-0.15, -0.1) is 0 Å². The van der Waals surface area contributed by atoms with Gasteiger partial charge in [0, 0.05) is 18.8 Å². The van der Waals surface area contributed by atoms with Crippen molar-refractivity contribution in [2.24, 2.45) is 0 Å². The number of hydrogen-bond acceptors (Lipinski definition) is 4. The Balaban J connectivity index is 1.63. The van der Waals surface area contributed by atoms with Gasteiger partial charge in [-0.1, -0.05) is 18.6 Å². The number of nitrogens with one attached hydrogen (secondary N) is 1. The van der Waals surface area contributed by atoms with Crippen molar-refractivity contribution in [3.05, 3.63) is 54.3 Å². The first-order valence-corrected chi connectivity index (χ1v) is 10.6. The van der Waals surface area contributed by atoms with Gasteiger partial charge in [-0.05, 0) is 56.2 Å². The van der Waals surface area contributed by atoms with Gasteiger partial charge in [0.1, 0.15) is 0 Å². The van der Waals surface area contributed by atoms with E-state index < -0.39 is 27.9 Å². The highest BCUT2D eigenvalue weighted by molar-refractivity contribution is 7.89. The minimum Gasteiger partial charge on any atom is -0.478 e. The number of carbonyl (C=O) groups excluding carboxylic acids is 1. The van der Waals surface area contributed by atoms with Gasteiger partial charge in [0.25, 0.3) is 5.91 Å². The van der Waals surface area contributed by atoms with Crippen LogP contribution in [-0.2, 0) is 14.8 Å². The molecule has 0 unspecified atom stereocenters. The topological polar surface area (TPSA) is 75.7 Å². The third kappa shape index (κ3) is 4.69. The number of piperidine rings is 1. The first kappa shape index (κ1) is 20.3. The summed E-state index contributed by atoms with van der Waals surface area (Å²) in [5, 5.41) is 2.64. The number of nitrogens with zero attached hydrogens (tertiary/aromatic N) is 1. The largest absolute Gasteiger partial charge is 0.478 e. The van der Waals surface area contributed by atoms with E-state index in [1.807, 2.05) is 0 Å². The Bertz CT molecular complexity index is 925. The number of amides is 1. The Morgan fingerprint density at radius 1 is 1.07 bits per heavy atom. The number of sulfonamides is 1. The number of halogens is 1. The van der Waals surface area contributed by atoms with E-state index in [4.69, 9.17) is 4.74 Å². The summed E-state index contributed by atoms with van der Waals surface area (Å²) in [6.07, 6.45) is 1.86. The quantitative estimate of drug-likeness (QED) is 0.798. The Kier molecular flexibility index (Phi) is 6.31. The molecule has 150 valence electrons. The lowest BCUT2D eigenvalue weighted by Gasteiger charge is -2.25. The minimum atomic E-state index is -3.51. The highest BCUT2D eigenvalue weighted by Crippen LogP contribution is 2.22. The molecule has 0 saturated carbocycles. The number of ether oxygens (including phenoxy) is 1. The fourth-order valence-electron chi connectivity index (χ4n) is 2.99. The number of anilines is 1. The van der Waals surface area contributed by atoms with E-state index in [9.17, 15) is 17.6 Å². The summed E-state index contributed by atoms with van der Waals surface area (Å²) in [7, 11) is -3.51. The van der Waals surface area contributed by atoms with Crippen molar-refractivity contribution in [2.45, 2.75) is 37.2 Å². The van der Waals surface area contributed by atoms with E-state index in [-0.39, 0.29) is 10.6 Å². The van der Waals surface area contributed by atoms with Crippen LogP contribution in [0.4, 0.5) is 10.1 Å². The average molecular weight is 406 g/mol. The van der Waals surface area contributed by atoms with Gasteiger partial charge in [0.05, 0.1) is 4.90 Å². The average Bonchev–Trinajstić information content (AvgIpc) is 2.70. The zero-order chi connectivity index (χ0) is 20.1. The minimum absolute atomic E-state index is 0.00637. The monoisotopic (exact) mass is 406 g/mol. The molecule has 0 aliphatic carbocycles. The van der Waals surface area contributed by atoms with Crippen LogP contribution in [0.25, 0.3) is 0 Å². The van der Waals surface area contributed by atoms with Gasteiger partial charge in [-0.3, -0.25) is 4.79 Å². The predicted octanol–water partition coefficient (Wildman–Crippen LogP) is 3.41. The van der Waals surface area contributed by atoms with Crippen molar-refractivity contribution in [1.82, 2.24) is 4.31 Å². The van der Waals surface area contributed by atoms with E-state index in [1.54, 1.807) is 6.07 Å². The van der Waals surface area contributed by atoms with Gasteiger partial charge in [-0.2, -0.15) is 4.31 Å². The summed E-state index contributed by atoms with van der Waals surface area (Å²) in [5.41, 5.74) is 0.437. The van der Waals surface area contributed by atoms with Gasteiger partial charge in [-0.25, -0.2) is 12.8 Å². The molecular weight excluding hydrogens is 383 g/mol. The third-order valence-electron chi connectivity index (χ3n) is 4.58. The molecule has 0 radical (unpaired) electrons. The molecule has 1 saturated heterocycles. The first-order chi connectivity index (χ1) is 13.4. The second kappa shape index (κ2) is 8.70. The lowest BCUT2D eigenvalue weighted by molar-refractivity contribution is -0.122. The summed E-state index contributed by atoms with van der Waals surface area (Å²) in [6, 6.07) is 11.9. The molecule has 2 aromatic carbocycles. The lowest BCUT2D eigenvalue weighted by atomic mass is 10.2. The highest BCUT2D eigenvalue weighted by atomic mass is 32.2. The molecule has 6 nitrogen and oxygen atoms in total.